The monoisotopic (exact) mass is 462 g/mol. The lowest BCUT2D eigenvalue weighted by Gasteiger charge is -2.47. The van der Waals surface area contributed by atoms with E-state index in [2.05, 4.69) is 20.4 Å². The van der Waals surface area contributed by atoms with Crippen LogP contribution in [0.4, 0.5) is 5.13 Å². The van der Waals surface area contributed by atoms with Gasteiger partial charge in [0.25, 0.3) is 11.8 Å². The predicted molar refractivity (Wildman–Crippen MR) is 119 cm³/mol. The summed E-state index contributed by atoms with van der Waals surface area (Å²) < 4.78 is 0. The minimum Gasteiger partial charge on any atom is -0.398 e. The van der Waals surface area contributed by atoms with Crippen LogP contribution in [-0.2, 0) is 14.4 Å². The first kappa shape index (κ1) is 20.6. The smallest absolute Gasteiger partial charge is 0.276 e. The van der Waals surface area contributed by atoms with Crippen LogP contribution in [-0.4, -0.2) is 56.7 Å². The molecule has 1 fully saturated rings. The minimum absolute atomic E-state index is 0.0170. The van der Waals surface area contributed by atoms with Gasteiger partial charge >= 0.3 is 0 Å². The number of fused-ring (bicyclic) bond motifs is 1. The van der Waals surface area contributed by atoms with Gasteiger partial charge in [0.1, 0.15) is 24.2 Å². The molecule has 9 nitrogen and oxygen atoms in total. The van der Waals surface area contributed by atoms with Crippen LogP contribution in [0.5, 0.6) is 0 Å². The number of thioether (sulfide) groups is 1. The normalized spacial score (nSPS) is 21.3. The van der Waals surface area contributed by atoms with E-state index < -0.39 is 11.9 Å². The number of nitrogens with two attached hydrogens (primary N) is 1. The third kappa shape index (κ3) is 3.98. The number of hydrogen-bond acceptors (Lipinski definition) is 10. The Morgan fingerprint density at radius 1 is 1.43 bits per heavy atom. The summed E-state index contributed by atoms with van der Waals surface area (Å²) in [6.07, 6.45) is 5.85. The van der Waals surface area contributed by atoms with Crippen molar-refractivity contribution in [3.8, 4) is 0 Å². The van der Waals surface area contributed by atoms with Crippen molar-refractivity contribution in [2.75, 3.05) is 18.6 Å². The number of β-lactam (4-membered cyclic amide) rings is 1. The van der Waals surface area contributed by atoms with Crippen LogP contribution >= 0.6 is 34.4 Å². The number of allylic oxidation sites excluding steroid dienone is 1. The maximum atomic E-state index is 12.7. The molecule has 0 aliphatic carbocycles. The number of carbonyl (C=O) groups excluding carboxylic acids is 2. The van der Waals surface area contributed by atoms with Crippen molar-refractivity contribution in [2.24, 2.45) is 5.16 Å². The standard InChI is InChI=1S/C18H18N6O3S3/c1-9-12(30-8-20-9)4-3-10-5-24-16(26)14(17(24)28-6-10)22-15(25)13(23-27-2)11-7-29-18(19)21-11/h3-5,7-8,14,17H,6H2,1-2H3,(H2,19,21)(H,22,25)/b4-3-,23-13-/t14-,17-/m1/s1. The zero-order chi connectivity index (χ0) is 21.3. The zero-order valence-corrected chi connectivity index (χ0v) is 18.5. The van der Waals surface area contributed by atoms with Crippen molar-refractivity contribution >= 4 is 63.2 Å². The highest BCUT2D eigenvalue weighted by Gasteiger charge is 2.49. The van der Waals surface area contributed by atoms with Crippen molar-refractivity contribution in [1.82, 2.24) is 20.2 Å². The maximum Gasteiger partial charge on any atom is 0.276 e. The minimum atomic E-state index is -0.633. The molecule has 156 valence electrons. The molecule has 0 aromatic carbocycles. The summed E-state index contributed by atoms with van der Waals surface area (Å²) in [5.41, 5.74) is 9.75. The van der Waals surface area contributed by atoms with E-state index in [0.29, 0.717) is 10.8 Å². The van der Waals surface area contributed by atoms with Gasteiger partial charge in [-0.1, -0.05) is 11.2 Å². The van der Waals surface area contributed by atoms with E-state index in [9.17, 15) is 9.59 Å². The molecule has 2 amide bonds. The van der Waals surface area contributed by atoms with Crippen LogP contribution in [0.1, 0.15) is 16.3 Å². The first-order chi connectivity index (χ1) is 14.5. The molecule has 1 saturated heterocycles. The van der Waals surface area contributed by atoms with Crippen molar-refractivity contribution < 1.29 is 14.4 Å². The third-order valence-electron chi connectivity index (χ3n) is 4.49. The maximum absolute atomic E-state index is 12.7. The molecule has 30 heavy (non-hydrogen) atoms. The summed E-state index contributed by atoms with van der Waals surface area (Å²) in [5, 5.41) is 8.26. The third-order valence-corrected chi connectivity index (χ3v) is 7.40. The van der Waals surface area contributed by atoms with Gasteiger partial charge in [0.15, 0.2) is 10.8 Å². The van der Waals surface area contributed by atoms with E-state index in [1.54, 1.807) is 33.4 Å². The largest absolute Gasteiger partial charge is 0.398 e. The fraction of sp³-hybridized carbons (Fsp3) is 0.278. The summed E-state index contributed by atoms with van der Waals surface area (Å²) in [7, 11) is 1.34. The van der Waals surface area contributed by atoms with Crippen LogP contribution < -0.4 is 11.1 Å². The molecule has 2 aromatic rings. The SMILES string of the molecule is CO/N=C(\C(=O)N[C@@H]1C(=O)N2C=C(/C=C\c3scnc3C)CS[C@H]12)c1csc(N)n1. The Kier molecular flexibility index (Phi) is 5.88. The fourth-order valence-electron chi connectivity index (χ4n) is 2.98. The Balaban J connectivity index is 1.42. The lowest BCUT2D eigenvalue weighted by atomic mass is 10.1. The summed E-state index contributed by atoms with van der Waals surface area (Å²) >= 11 is 4.36. The highest BCUT2D eigenvalue weighted by Crippen LogP contribution is 2.36. The molecule has 4 heterocycles. The molecule has 0 unspecified atom stereocenters. The molecule has 2 aromatic heterocycles. The van der Waals surface area contributed by atoms with Crippen molar-refractivity contribution in [2.45, 2.75) is 18.3 Å². The van der Waals surface area contributed by atoms with Gasteiger partial charge in [-0.2, -0.15) is 0 Å². The van der Waals surface area contributed by atoms with E-state index in [1.807, 2.05) is 30.8 Å². The van der Waals surface area contributed by atoms with Crippen LogP contribution in [0.25, 0.3) is 6.08 Å². The Labute approximate surface area is 184 Å². The first-order valence-electron chi connectivity index (χ1n) is 8.84. The Morgan fingerprint density at radius 2 is 2.27 bits per heavy atom. The molecule has 0 radical (unpaired) electrons. The average Bonchev–Trinajstić information content (AvgIpc) is 3.36. The van der Waals surface area contributed by atoms with Crippen molar-refractivity contribution in [3.63, 3.8) is 0 Å². The van der Waals surface area contributed by atoms with E-state index >= 15 is 0 Å². The molecular formula is C18H18N6O3S3. The number of rotatable bonds is 6. The number of aryl methyl sites for hydroxylation is 1. The van der Waals surface area contributed by atoms with E-state index in [-0.39, 0.29) is 17.0 Å². The summed E-state index contributed by atoms with van der Waals surface area (Å²) in [4.78, 5) is 41.1. The highest BCUT2D eigenvalue weighted by molar-refractivity contribution is 8.00. The second kappa shape index (κ2) is 8.58. The molecule has 2 aliphatic rings. The summed E-state index contributed by atoms with van der Waals surface area (Å²) in [6, 6.07) is -0.633. The number of nitrogens with zero attached hydrogens (tertiary/aromatic N) is 4. The number of nitrogens with one attached hydrogen (secondary N) is 1. The van der Waals surface area contributed by atoms with Gasteiger partial charge < -0.3 is 20.8 Å². The van der Waals surface area contributed by atoms with E-state index in [4.69, 9.17) is 10.6 Å². The topological polar surface area (TPSA) is 123 Å². The van der Waals surface area contributed by atoms with Gasteiger partial charge in [-0.05, 0) is 18.6 Å². The molecular weight excluding hydrogens is 444 g/mol. The highest BCUT2D eigenvalue weighted by atomic mass is 32.2. The predicted octanol–water partition coefficient (Wildman–Crippen LogP) is 1.84. The molecule has 2 atom stereocenters. The Bertz CT molecular complexity index is 1070. The van der Waals surface area contributed by atoms with Gasteiger partial charge in [0, 0.05) is 22.2 Å². The lowest BCUT2D eigenvalue weighted by Crippen LogP contribution is -2.69. The number of nitrogen functional groups attached to an aromatic ring is 1. The molecule has 2 aliphatic heterocycles. The van der Waals surface area contributed by atoms with Gasteiger partial charge in [-0.15, -0.1) is 34.4 Å². The second-order valence-corrected chi connectivity index (χ2v) is 9.31. The molecule has 4 rings (SSSR count). The quantitative estimate of drug-likeness (QED) is 0.381. The summed E-state index contributed by atoms with van der Waals surface area (Å²) in [5.74, 6) is 0.0302. The molecule has 0 spiro atoms. The molecule has 12 heteroatoms. The van der Waals surface area contributed by atoms with Crippen molar-refractivity contribution in [1.29, 1.82) is 0 Å². The van der Waals surface area contributed by atoms with Gasteiger partial charge in [0.05, 0.1) is 11.2 Å². The molecule has 0 bridgehead atoms. The summed E-state index contributed by atoms with van der Waals surface area (Å²) in [6.45, 7) is 1.96. The number of thiazole rings is 2. The fourth-order valence-corrected chi connectivity index (χ4v) is 5.46. The number of hydrogen-bond donors (Lipinski definition) is 2. The van der Waals surface area contributed by atoms with Crippen LogP contribution in [0.2, 0.25) is 0 Å². The van der Waals surface area contributed by atoms with Crippen LogP contribution in [0, 0.1) is 6.92 Å². The Hall–Kier alpha value is -2.70. The van der Waals surface area contributed by atoms with Crippen molar-refractivity contribution in [3.05, 3.63) is 45.0 Å². The van der Waals surface area contributed by atoms with Gasteiger partial charge in [-0.25, -0.2) is 9.97 Å². The number of oxime groups is 1. The lowest BCUT2D eigenvalue weighted by molar-refractivity contribution is -0.143. The van der Waals surface area contributed by atoms with E-state index in [0.717, 1.165) is 21.9 Å². The van der Waals surface area contributed by atoms with Crippen LogP contribution in [0.15, 0.2) is 33.9 Å². The van der Waals surface area contributed by atoms with Crippen LogP contribution in [0.3, 0.4) is 0 Å². The average molecular weight is 463 g/mol. The number of amides is 2. The van der Waals surface area contributed by atoms with Gasteiger partial charge in [0.2, 0.25) is 0 Å². The zero-order valence-electron chi connectivity index (χ0n) is 16.1. The number of carbonyl (C=O) groups is 2. The number of anilines is 1. The Morgan fingerprint density at radius 3 is 2.93 bits per heavy atom. The first-order valence-corrected chi connectivity index (χ1v) is 11.6. The second-order valence-electron chi connectivity index (χ2n) is 6.43. The van der Waals surface area contributed by atoms with Gasteiger partial charge in [-0.3, -0.25) is 9.59 Å². The molecule has 0 saturated carbocycles. The number of aromatic nitrogens is 2. The molecule has 3 N–H and O–H groups in total. The van der Waals surface area contributed by atoms with E-state index in [1.165, 1.54) is 18.4 Å².